The normalized spacial score (nSPS) is 9.86. The zero-order valence-corrected chi connectivity index (χ0v) is 9.00. The van der Waals surface area contributed by atoms with Crippen molar-refractivity contribution in [2.24, 2.45) is 0 Å². The van der Waals surface area contributed by atoms with Crippen LogP contribution in [-0.4, -0.2) is 23.2 Å². The smallest absolute Gasteiger partial charge is 0.219 e. The molecule has 0 bridgehead atoms. The minimum absolute atomic E-state index is 0.0644. The van der Waals surface area contributed by atoms with E-state index >= 15 is 0 Å². The van der Waals surface area contributed by atoms with Crippen LogP contribution >= 0.6 is 11.6 Å². The molecule has 1 aromatic carbocycles. The van der Waals surface area contributed by atoms with Crippen molar-refractivity contribution in [3.05, 3.63) is 35.9 Å². The van der Waals surface area contributed by atoms with Crippen LogP contribution in [0.2, 0.25) is 0 Å². The summed E-state index contributed by atoms with van der Waals surface area (Å²) in [6.45, 7) is 2.81. The van der Waals surface area contributed by atoms with Gasteiger partial charge in [0.1, 0.15) is 0 Å². The maximum Gasteiger partial charge on any atom is 0.219 e. The van der Waals surface area contributed by atoms with Gasteiger partial charge < -0.3 is 4.90 Å². The molecule has 0 spiro atoms. The summed E-state index contributed by atoms with van der Waals surface area (Å²) in [7, 11) is 0. The van der Waals surface area contributed by atoms with Gasteiger partial charge in [-0.05, 0) is 5.56 Å². The Morgan fingerprint density at radius 3 is 2.50 bits per heavy atom. The Balaban J connectivity index is 2.60. The maximum absolute atomic E-state index is 11.2. The molecule has 0 N–H and O–H groups in total. The van der Waals surface area contributed by atoms with E-state index in [4.69, 9.17) is 11.6 Å². The maximum atomic E-state index is 11.2. The molecule has 0 aliphatic heterocycles. The number of halogens is 1. The monoisotopic (exact) mass is 211 g/mol. The molecule has 3 heteroatoms. The van der Waals surface area contributed by atoms with E-state index in [1.54, 1.807) is 11.8 Å². The van der Waals surface area contributed by atoms with Gasteiger partial charge in [-0.15, -0.1) is 11.6 Å². The second-order valence-electron chi connectivity index (χ2n) is 3.12. The van der Waals surface area contributed by atoms with Crippen LogP contribution in [0.5, 0.6) is 0 Å². The third kappa shape index (κ3) is 3.38. The first-order chi connectivity index (χ1) is 6.74. The zero-order chi connectivity index (χ0) is 10.4. The molecule has 0 radical (unpaired) electrons. The van der Waals surface area contributed by atoms with Crippen LogP contribution in [0.15, 0.2) is 30.3 Å². The Labute approximate surface area is 89.5 Å². The van der Waals surface area contributed by atoms with Gasteiger partial charge in [-0.2, -0.15) is 0 Å². The molecular weight excluding hydrogens is 198 g/mol. The lowest BCUT2D eigenvalue weighted by atomic mass is 10.2. The number of carbonyl (C=O) groups excluding carboxylic acids is 1. The fourth-order valence-corrected chi connectivity index (χ4v) is 1.46. The molecule has 1 amide bonds. The van der Waals surface area contributed by atoms with Crippen molar-refractivity contribution in [1.29, 1.82) is 0 Å². The van der Waals surface area contributed by atoms with E-state index in [0.717, 1.165) is 5.56 Å². The molecule has 0 unspecified atom stereocenters. The summed E-state index contributed by atoms with van der Waals surface area (Å²) in [5.74, 6) is 0.543. The SMILES string of the molecule is CC(=O)N(CCCl)Cc1ccccc1. The number of rotatable bonds is 4. The standard InChI is InChI=1S/C11H14ClNO/c1-10(14)13(8-7-12)9-11-5-3-2-4-6-11/h2-6H,7-9H2,1H3. The van der Waals surface area contributed by atoms with Gasteiger partial charge in [0.2, 0.25) is 5.91 Å². The topological polar surface area (TPSA) is 20.3 Å². The predicted molar refractivity (Wildman–Crippen MR) is 58.3 cm³/mol. The third-order valence-electron chi connectivity index (χ3n) is 2.02. The van der Waals surface area contributed by atoms with Crippen LogP contribution in [0.1, 0.15) is 12.5 Å². The van der Waals surface area contributed by atoms with Crippen LogP contribution in [0, 0.1) is 0 Å². The van der Waals surface area contributed by atoms with Gasteiger partial charge in [-0.1, -0.05) is 30.3 Å². The van der Waals surface area contributed by atoms with Gasteiger partial charge in [-0.25, -0.2) is 0 Å². The van der Waals surface area contributed by atoms with Gasteiger partial charge in [0.15, 0.2) is 0 Å². The van der Waals surface area contributed by atoms with Gasteiger partial charge in [0, 0.05) is 25.9 Å². The predicted octanol–water partition coefficient (Wildman–Crippen LogP) is 2.27. The van der Waals surface area contributed by atoms with E-state index in [0.29, 0.717) is 19.0 Å². The molecule has 2 nitrogen and oxygen atoms in total. The van der Waals surface area contributed by atoms with E-state index < -0.39 is 0 Å². The lowest BCUT2D eigenvalue weighted by molar-refractivity contribution is -0.129. The Morgan fingerprint density at radius 1 is 1.36 bits per heavy atom. The van der Waals surface area contributed by atoms with Gasteiger partial charge >= 0.3 is 0 Å². The Hall–Kier alpha value is -1.02. The van der Waals surface area contributed by atoms with Crippen molar-refractivity contribution in [2.75, 3.05) is 12.4 Å². The summed E-state index contributed by atoms with van der Waals surface area (Å²) < 4.78 is 0. The van der Waals surface area contributed by atoms with Crippen molar-refractivity contribution in [3.8, 4) is 0 Å². The lowest BCUT2D eigenvalue weighted by Crippen LogP contribution is -2.29. The van der Waals surface area contributed by atoms with Gasteiger partial charge in [0.05, 0.1) is 0 Å². The largest absolute Gasteiger partial charge is 0.337 e. The van der Waals surface area contributed by atoms with Crippen molar-refractivity contribution < 1.29 is 4.79 Å². The number of hydrogen-bond acceptors (Lipinski definition) is 1. The molecule has 0 atom stereocenters. The van der Waals surface area contributed by atoms with Crippen LogP contribution in [-0.2, 0) is 11.3 Å². The van der Waals surface area contributed by atoms with Crippen LogP contribution < -0.4 is 0 Å². The van der Waals surface area contributed by atoms with E-state index in [1.807, 2.05) is 30.3 Å². The summed E-state index contributed by atoms with van der Waals surface area (Å²) in [5, 5.41) is 0. The van der Waals surface area contributed by atoms with E-state index in [-0.39, 0.29) is 5.91 Å². The molecule has 0 aliphatic carbocycles. The number of benzene rings is 1. The second-order valence-corrected chi connectivity index (χ2v) is 3.49. The van der Waals surface area contributed by atoms with Crippen LogP contribution in [0.4, 0.5) is 0 Å². The first kappa shape index (κ1) is 11.1. The highest BCUT2D eigenvalue weighted by molar-refractivity contribution is 6.18. The Bertz CT molecular complexity index is 287. The van der Waals surface area contributed by atoms with E-state index in [9.17, 15) is 4.79 Å². The highest BCUT2D eigenvalue weighted by Crippen LogP contribution is 2.04. The minimum Gasteiger partial charge on any atom is -0.337 e. The molecule has 0 aliphatic rings. The number of nitrogens with zero attached hydrogens (tertiary/aromatic N) is 1. The molecule has 0 aromatic heterocycles. The molecule has 1 rings (SSSR count). The summed E-state index contributed by atoms with van der Waals surface area (Å²) in [6.07, 6.45) is 0. The van der Waals surface area contributed by atoms with E-state index in [2.05, 4.69) is 0 Å². The second kappa shape index (κ2) is 5.66. The van der Waals surface area contributed by atoms with Crippen molar-refractivity contribution in [2.45, 2.75) is 13.5 Å². The summed E-state index contributed by atoms with van der Waals surface area (Å²) in [6, 6.07) is 9.90. The molecule has 14 heavy (non-hydrogen) atoms. The number of amides is 1. The molecule has 76 valence electrons. The van der Waals surface area contributed by atoms with Crippen LogP contribution in [0.3, 0.4) is 0 Å². The Kier molecular flexibility index (Phi) is 4.47. The van der Waals surface area contributed by atoms with E-state index in [1.165, 1.54) is 0 Å². The highest BCUT2D eigenvalue weighted by Gasteiger charge is 2.07. The molecule has 1 aromatic rings. The fraction of sp³-hybridized carbons (Fsp3) is 0.364. The number of alkyl halides is 1. The first-order valence-corrected chi connectivity index (χ1v) is 5.13. The highest BCUT2D eigenvalue weighted by atomic mass is 35.5. The molecule has 0 fully saturated rings. The summed E-state index contributed by atoms with van der Waals surface area (Å²) in [5.41, 5.74) is 1.13. The number of hydrogen-bond donors (Lipinski definition) is 0. The quantitative estimate of drug-likeness (QED) is 0.700. The van der Waals surface area contributed by atoms with Gasteiger partial charge in [0.25, 0.3) is 0 Å². The van der Waals surface area contributed by atoms with Crippen LogP contribution in [0.25, 0.3) is 0 Å². The van der Waals surface area contributed by atoms with Gasteiger partial charge in [-0.3, -0.25) is 4.79 Å². The average Bonchev–Trinajstić information content (AvgIpc) is 2.18. The third-order valence-corrected chi connectivity index (χ3v) is 2.19. The molecular formula is C11H14ClNO. The first-order valence-electron chi connectivity index (χ1n) is 4.59. The molecule has 0 heterocycles. The molecule has 0 saturated heterocycles. The van der Waals surface area contributed by atoms with Crippen molar-refractivity contribution >= 4 is 17.5 Å². The van der Waals surface area contributed by atoms with Crippen molar-refractivity contribution in [3.63, 3.8) is 0 Å². The number of carbonyl (C=O) groups is 1. The van der Waals surface area contributed by atoms with Crippen molar-refractivity contribution in [1.82, 2.24) is 4.90 Å². The lowest BCUT2D eigenvalue weighted by Gasteiger charge is -2.19. The fourth-order valence-electron chi connectivity index (χ4n) is 1.25. The summed E-state index contributed by atoms with van der Waals surface area (Å²) >= 11 is 5.61. The zero-order valence-electron chi connectivity index (χ0n) is 8.24. The average molecular weight is 212 g/mol. The Morgan fingerprint density at radius 2 is 2.00 bits per heavy atom. The molecule has 0 saturated carbocycles. The summed E-state index contributed by atoms with van der Waals surface area (Å²) in [4.78, 5) is 12.9. The minimum atomic E-state index is 0.0644.